The first-order chi connectivity index (χ1) is 24.2. The van der Waals surface area contributed by atoms with Gasteiger partial charge in [0.15, 0.2) is 11.5 Å². The number of rotatable bonds is 6. The number of pyridine rings is 1. The van der Waals surface area contributed by atoms with Gasteiger partial charge in [0.05, 0.1) is 37.9 Å². The Morgan fingerprint density at radius 1 is 0.960 bits per heavy atom. The quantitative estimate of drug-likeness (QED) is 0.323. The van der Waals surface area contributed by atoms with Crippen molar-refractivity contribution in [1.82, 2.24) is 29.9 Å². The molecule has 0 saturated carbocycles. The Morgan fingerprint density at radius 3 is 2.48 bits per heavy atom. The highest BCUT2D eigenvalue weighted by Gasteiger charge is 2.27. The van der Waals surface area contributed by atoms with Crippen molar-refractivity contribution in [3.63, 3.8) is 0 Å². The number of hydrogen-bond donors (Lipinski definition) is 1. The molecule has 1 atom stereocenters. The first-order valence-electron chi connectivity index (χ1n) is 17.3. The van der Waals surface area contributed by atoms with Crippen LogP contribution < -0.4 is 30.0 Å². The lowest BCUT2D eigenvalue weighted by atomic mass is 9.97. The van der Waals surface area contributed by atoms with E-state index in [0.717, 1.165) is 60.1 Å². The van der Waals surface area contributed by atoms with Crippen LogP contribution in [0.1, 0.15) is 37.4 Å². The van der Waals surface area contributed by atoms with Gasteiger partial charge in [-0.15, -0.1) is 0 Å². The van der Waals surface area contributed by atoms with Crippen molar-refractivity contribution in [2.24, 2.45) is 5.92 Å². The van der Waals surface area contributed by atoms with Crippen LogP contribution in [0.5, 0.6) is 17.2 Å². The van der Waals surface area contributed by atoms with Crippen LogP contribution in [0, 0.1) is 12.8 Å². The summed E-state index contributed by atoms with van der Waals surface area (Å²) in [6, 6.07) is 11.3. The highest BCUT2D eigenvalue weighted by Crippen LogP contribution is 2.44. The summed E-state index contributed by atoms with van der Waals surface area (Å²) in [6.45, 7) is 8.34. The molecule has 1 saturated heterocycles. The predicted octanol–water partition coefficient (Wildman–Crippen LogP) is 3.37. The van der Waals surface area contributed by atoms with Gasteiger partial charge in [0, 0.05) is 74.6 Å². The van der Waals surface area contributed by atoms with Gasteiger partial charge in [-0.05, 0) is 44.4 Å². The Bertz CT molecular complexity index is 1950. The molecular formula is C37H47N7O6. The first kappa shape index (κ1) is 34.9. The number of methoxy groups -OCH3 is 3. The maximum absolute atomic E-state index is 13.9. The molecule has 13 heteroatoms. The molecule has 4 aromatic rings. The Hall–Kier alpha value is -4.91. The minimum Gasteiger partial charge on any atom is -0.493 e. The van der Waals surface area contributed by atoms with Crippen LogP contribution in [0.4, 0.5) is 5.82 Å². The SMILES string of the molecule is CCN1CCN(C(=O)Cn2nc(C)c3ccccc3c2=O)CCC(=O)NCC2CCCN(C2)c2nc3cc(OC)c(OC)c(OC)c3cc2C1. The topological polar surface area (TPSA) is 131 Å². The number of benzene rings is 2. The minimum absolute atomic E-state index is 0.100. The van der Waals surface area contributed by atoms with Gasteiger partial charge in [0.25, 0.3) is 5.56 Å². The highest BCUT2D eigenvalue weighted by molar-refractivity contribution is 5.92. The molecule has 1 fully saturated rings. The Morgan fingerprint density at radius 2 is 1.74 bits per heavy atom. The van der Waals surface area contributed by atoms with E-state index in [1.165, 1.54) is 4.68 Å². The molecule has 2 aliphatic heterocycles. The molecule has 13 nitrogen and oxygen atoms in total. The molecule has 6 rings (SSSR count). The van der Waals surface area contributed by atoms with E-state index in [2.05, 4.69) is 33.2 Å². The van der Waals surface area contributed by atoms with Gasteiger partial charge >= 0.3 is 0 Å². The zero-order valence-corrected chi connectivity index (χ0v) is 29.7. The lowest BCUT2D eigenvalue weighted by Crippen LogP contribution is -2.44. The van der Waals surface area contributed by atoms with Crippen LogP contribution in [-0.4, -0.2) is 104 Å². The van der Waals surface area contributed by atoms with Crippen molar-refractivity contribution in [2.45, 2.75) is 46.2 Å². The van der Waals surface area contributed by atoms with Crippen molar-refractivity contribution in [3.8, 4) is 17.2 Å². The highest BCUT2D eigenvalue weighted by atomic mass is 16.5. The molecule has 2 amide bonds. The Kier molecular flexibility index (Phi) is 10.7. The molecule has 266 valence electrons. The average Bonchev–Trinajstić information content (AvgIpc) is 3.14. The van der Waals surface area contributed by atoms with Crippen LogP contribution in [0.15, 0.2) is 41.2 Å². The van der Waals surface area contributed by atoms with Crippen molar-refractivity contribution in [3.05, 3.63) is 58.0 Å². The Labute approximate surface area is 292 Å². The van der Waals surface area contributed by atoms with Crippen molar-refractivity contribution >= 4 is 39.3 Å². The fourth-order valence-electron chi connectivity index (χ4n) is 7.17. The molecule has 2 aromatic heterocycles. The molecule has 0 spiro atoms. The number of ether oxygens (including phenoxy) is 3. The number of amides is 2. The third kappa shape index (κ3) is 7.18. The summed E-state index contributed by atoms with van der Waals surface area (Å²) in [5, 5.41) is 9.69. The van der Waals surface area contributed by atoms with Crippen LogP contribution in [-0.2, 0) is 22.7 Å². The van der Waals surface area contributed by atoms with E-state index in [9.17, 15) is 14.4 Å². The summed E-state index contributed by atoms with van der Waals surface area (Å²) in [4.78, 5) is 51.8. The lowest BCUT2D eigenvalue weighted by molar-refractivity contribution is -0.133. The third-order valence-electron chi connectivity index (χ3n) is 9.91. The van der Waals surface area contributed by atoms with Gasteiger partial charge in [-0.2, -0.15) is 5.10 Å². The summed E-state index contributed by atoms with van der Waals surface area (Å²) in [6.07, 6.45) is 2.15. The zero-order chi connectivity index (χ0) is 35.4. The number of anilines is 1. The number of carbonyl (C=O) groups is 2. The number of fused-ring (bicyclic) bond motifs is 6. The summed E-state index contributed by atoms with van der Waals surface area (Å²) in [5.74, 6) is 2.38. The van der Waals surface area contributed by atoms with Gasteiger partial charge in [-0.1, -0.05) is 25.1 Å². The summed E-state index contributed by atoms with van der Waals surface area (Å²) in [7, 11) is 4.80. The maximum atomic E-state index is 13.9. The van der Waals surface area contributed by atoms with Gasteiger partial charge in [-0.3, -0.25) is 19.3 Å². The van der Waals surface area contributed by atoms with E-state index in [4.69, 9.17) is 19.2 Å². The molecule has 1 unspecified atom stereocenters. The van der Waals surface area contributed by atoms with E-state index in [-0.39, 0.29) is 42.8 Å². The van der Waals surface area contributed by atoms with Crippen molar-refractivity contribution in [1.29, 1.82) is 0 Å². The van der Waals surface area contributed by atoms with Gasteiger partial charge in [-0.25, -0.2) is 9.67 Å². The van der Waals surface area contributed by atoms with Gasteiger partial charge < -0.3 is 29.3 Å². The summed E-state index contributed by atoms with van der Waals surface area (Å²) < 4.78 is 18.4. The number of nitrogens with zero attached hydrogens (tertiary/aromatic N) is 6. The molecule has 2 aliphatic rings. The molecule has 50 heavy (non-hydrogen) atoms. The second-order valence-corrected chi connectivity index (χ2v) is 13.0. The molecular weight excluding hydrogens is 638 g/mol. The van der Waals surface area contributed by atoms with Crippen LogP contribution in [0.3, 0.4) is 0 Å². The minimum atomic E-state index is -0.312. The summed E-state index contributed by atoms with van der Waals surface area (Å²) in [5.41, 5.74) is 2.13. The van der Waals surface area contributed by atoms with Gasteiger partial charge in [0.1, 0.15) is 12.4 Å². The fourth-order valence-corrected chi connectivity index (χ4v) is 7.17. The largest absolute Gasteiger partial charge is 0.493 e. The number of aromatic nitrogens is 3. The second-order valence-electron chi connectivity index (χ2n) is 13.0. The average molecular weight is 686 g/mol. The summed E-state index contributed by atoms with van der Waals surface area (Å²) >= 11 is 0. The van der Waals surface area contributed by atoms with Gasteiger partial charge in [0.2, 0.25) is 17.6 Å². The third-order valence-corrected chi connectivity index (χ3v) is 9.91. The number of carbonyl (C=O) groups excluding carboxylic acids is 2. The zero-order valence-electron chi connectivity index (χ0n) is 29.7. The second kappa shape index (κ2) is 15.3. The molecule has 2 bridgehead atoms. The number of nitrogens with one attached hydrogen (secondary N) is 1. The Balaban J connectivity index is 1.34. The number of aryl methyl sites for hydroxylation is 1. The number of piperidine rings is 1. The van der Waals surface area contributed by atoms with E-state index < -0.39 is 0 Å². The smallest absolute Gasteiger partial charge is 0.275 e. The molecule has 1 N–H and O–H groups in total. The van der Waals surface area contributed by atoms with E-state index in [1.807, 2.05) is 25.1 Å². The molecule has 0 radical (unpaired) electrons. The predicted molar refractivity (Wildman–Crippen MR) is 192 cm³/mol. The lowest BCUT2D eigenvalue weighted by Gasteiger charge is -2.35. The maximum Gasteiger partial charge on any atom is 0.275 e. The standard InChI is InChI=1S/C37H47N7O6/c1-6-41-16-17-42(33(46)23-44-37(47)28-12-8-7-11-27(28)24(2)40-44)15-13-32(45)38-20-25-10-9-14-43(21-25)36-26(22-41)18-29-30(39-36)19-31(48-3)35(50-5)34(29)49-4/h7-8,11-12,18-19,25H,6,9-10,13-17,20-23H2,1-5H3,(H,38,45). The van der Waals surface area contributed by atoms with Crippen LogP contribution >= 0.6 is 0 Å². The fraction of sp³-hybridized carbons (Fsp3) is 0.486. The molecule has 0 aliphatic carbocycles. The van der Waals surface area contributed by atoms with Crippen LogP contribution in [0.25, 0.3) is 21.7 Å². The molecule has 4 heterocycles. The van der Waals surface area contributed by atoms with Crippen molar-refractivity contribution in [2.75, 3.05) is 72.0 Å². The monoisotopic (exact) mass is 685 g/mol. The number of hydrogen-bond acceptors (Lipinski definition) is 10. The number of likely N-dealkylation sites (N-methyl/N-ethyl adjacent to an activating group) is 1. The normalized spacial score (nSPS) is 17.9. The molecule has 2 aromatic carbocycles. The van der Waals surface area contributed by atoms with E-state index in [0.29, 0.717) is 54.5 Å². The van der Waals surface area contributed by atoms with E-state index >= 15 is 0 Å². The van der Waals surface area contributed by atoms with Crippen LogP contribution in [0.2, 0.25) is 0 Å². The van der Waals surface area contributed by atoms with Crippen molar-refractivity contribution < 1.29 is 23.8 Å². The van der Waals surface area contributed by atoms with E-state index in [1.54, 1.807) is 38.4 Å². The first-order valence-corrected chi connectivity index (χ1v) is 17.3.